The molecule has 2 nitrogen and oxygen atoms in total. The Labute approximate surface area is 101 Å². The van der Waals surface area contributed by atoms with Crippen molar-refractivity contribution in [3.63, 3.8) is 0 Å². The molecule has 1 aromatic rings. The van der Waals surface area contributed by atoms with Gasteiger partial charge in [-0.2, -0.15) is 5.06 Å². The highest BCUT2D eigenvalue weighted by Crippen LogP contribution is 2.55. The molecule has 0 saturated carbocycles. The molecule has 0 aromatic heterocycles. The summed E-state index contributed by atoms with van der Waals surface area (Å²) in [5.74, 6) is 0. The average Bonchev–Trinajstić information content (AvgIpc) is 2.73. The molecule has 2 aliphatic rings. The summed E-state index contributed by atoms with van der Waals surface area (Å²) in [5, 5.41) is 2.88. The number of halogens is 1. The van der Waals surface area contributed by atoms with Crippen LogP contribution in [0, 0.1) is 5.41 Å². The van der Waals surface area contributed by atoms with E-state index in [-0.39, 0.29) is 11.0 Å². The molecule has 2 bridgehead atoms. The predicted molar refractivity (Wildman–Crippen MR) is 64.2 cm³/mol. The minimum atomic E-state index is -0.141. The molecule has 0 spiro atoms. The van der Waals surface area contributed by atoms with Crippen LogP contribution in [0.5, 0.6) is 0 Å². The largest absolute Gasteiger partial charge is 0.287 e. The Morgan fingerprint density at radius 2 is 1.94 bits per heavy atom. The SMILES string of the molecule is CC1(C)CN2CC[C@@]1(c1ccc(Cl)cc1)O2. The highest BCUT2D eigenvalue weighted by Gasteiger charge is 2.59. The fourth-order valence-electron chi connectivity index (χ4n) is 3.04. The molecule has 0 radical (unpaired) electrons. The fourth-order valence-corrected chi connectivity index (χ4v) is 3.17. The molecule has 2 fully saturated rings. The Morgan fingerprint density at radius 1 is 1.25 bits per heavy atom. The van der Waals surface area contributed by atoms with E-state index in [1.807, 2.05) is 12.1 Å². The van der Waals surface area contributed by atoms with Gasteiger partial charge in [0.05, 0.1) is 0 Å². The first kappa shape index (κ1) is 10.6. The Hall–Kier alpha value is -0.570. The van der Waals surface area contributed by atoms with Crippen LogP contribution in [0.15, 0.2) is 24.3 Å². The van der Waals surface area contributed by atoms with Crippen LogP contribution >= 0.6 is 11.6 Å². The van der Waals surface area contributed by atoms with Gasteiger partial charge in [0.15, 0.2) is 0 Å². The van der Waals surface area contributed by atoms with Crippen LogP contribution in [-0.2, 0) is 10.4 Å². The third-order valence-corrected chi connectivity index (χ3v) is 4.23. The summed E-state index contributed by atoms with van der Waals surface area (Å²) in [5.41, 5.74) is 1.28. The van der Waals surface area contributed by atoms with Gasteiger partial charge in [0.1, 0.15) is 5.60 Å². The van der Waals surface area contributed by atoms with Crippen molar-refractivity contribution in [2.45, 2.75) is 25.9 Å². The molecule has 0 N–H and O–H groups in total. The van der Waals surface area contributed by atoms with Crippen LogP contribution in [0.2, 0.25) is 5.02 Å². The smallest absolute Gasteiger partial charge is 0.122 e. The zero-order valence-corrected chi connectivity index (χ0v) is 10.4. The van der Waals surface area contributed by atoms with Gasteiger partial charge in [-0.25, -0.2) is 0 Å². The predicted octanol–water partition coefficient (Wildman–Crippen LogP) is 3.21. The minimum absolute atomic E-state index is 0.141. The minimum Gasteiger partial charge on any atom is -0.287 e. The molecule has 1 aromatic carbocycles. The van der Waals surface area contributed by atoms with Gasteiger partial charge in [-0.05, 0) is 24.1 Å². The number of fused-ring (bicyclic) bond motifs is 2. The van der Waals surface area contributed by atoms with Crippen molar-refractivity contribution in [2.75, 3.05) is 13.1 Å². The van der Waals surface area contributed by atoms with Crippen molar-refractivity contribution >= 4 is 11.6 Å². The molecule has 3 heteroatoms. The van der Waals surface area contributed by atoms with Crippen molar-refractivity contribution in [1.29, 1.82) is 0 Å². The molecule has 3 rings (SSSR count). The molecular formula is C13H16ClNO. The summed E-state index contributed by atoms with van der Waals surface area (Å²) in [6.45, 7) is 6.60. The van der Waals surface area contributed by atoms with Crippen LogP contribution in [0.4, 0.5) is 0 Å². The summed E-state index contributed by atoms with van der Waals surface area (Å²) in [4.78, 5) is 6.09. The first-order valence-electron chi connectivity index (χ1n) is 5.74. The van der Waals surface area contributed by atoms with E-state index in [2.05, 4.69) is 31.0 Å². The summed E-state index contributed by atoms with van der Waals surface area (Å²) in [6, 6.07) is 8.09. The third-order valence-electron chi connectivity index (χ3n) is 3.97. The van der Waals surface area contributed by atoms with E-state index in [1.54, 1.807) is 0 Å². The van der Waals surface area contributed by atoms with Crippen LogP contribution in [0.25, 0.3) is 0 Å². The van der Waals surface area contributed by atoms with E-state index in [1.165, 1.54) is 5.56 Å². The van der Waals surface area contributed by atoms with Crippen molar-refractivity contribution in [1.82, 2.24) is 5.06 Å². The van der Waals surface area contributed by atoms with E-state index in [0.717, 1.165) is 24.5 Å². The molecule has 2 saturated heterocycles. The van der Waals surface area contributed by atoms with Gasteiger partial charge < -0.3 is 0 Å². The second-order valence-corrected chi connectivity index (χ2v) is 5.86. The molecule has 86 valence electrons. The maximum Gasteiger partial charge on any atom is 0.122 e. The zero-order chi connectivity index (χ0) is 11.4. The van der Waals surface area contributed by atoms with Crippen molar-refractivity contribution in [2.24, 2.45) is 5.41 Å². The molecule has 0 amide bonds. The van der Waals surface area contributed by atoms with Gasteiger partial charge in [0.25, 0.3) is 0 Å². The van der Waals surface area contributed by atoms with Crippen molar-refractivity contribution < 1.29 is 4.84 Å². The number of piperidine rings is 1. The standard InChI is InChI=1S/C13H16ClNO/c1-12(2)9-15-8-7-13(12,16-15)10-3-5-11(14)6-4-10/h3-6H,7-9H2,1-2H3/t13-/m0/s1. The van der Waals surface area contributed by atoms with Crippen molar-refractivity contribution in [3.8, 4) is 0 Å². The number of nitrogens with zero attached hydrogens (tertiary/aromatic N) is 1. The molecular weight excluding hydrogens is 222 g/mol. The molecule has 2 aliphatic heterocycles. The van der Waals surface area contributed by atoms with E-state index in [9.17, 15) is 0 Å². The summed E-state index contributed by atoms with van der Waals surface area (Å²) in [6.07, 6.45) is 1.07. The van der Waals surface area contributed by atoms with Gasteiger partial charge in [-0.15, -0.1) is 0 Å². The van der Waals surface area contributed by atoms with E-state index >= 15 is 0 Å². The fraction of sp³-hybridized carbons (Fsp3) is 0.538. The number of rotatable bonds is 1. The van der Waals surface area contributed by atoms with Crippen LogP contribution in [-0.4, -0.2) is 18.2 Å². The average molecular weight is 238 g/mol. The second-order valence-electron chi connectivity index (χ2n) is 5.42. The lowest BCUT2D eigenvalue weighted by Gasteiger charge is -2.38. The Balaban J connectivity index is 2.07. The van der Waals surface area contributed by atoms with Gasteiger partial charge in [-0.3, -0.25) is 4.84 Å². The highest BCUT2D eigenvalue weighted by atomic mass is 35.5. The highest BCUT2D eigenvalue weighted by molar-refractivity contribution is 6.30. The van der Waals surface area contributed by atoms with E-state index in [4.69, 9.17) is 16.4 Å². The maximum absolute atomic E-state index is 6.09. The number of hydrogen-bond acceptors (Lipinski definition) is 2. The normalized spacial score (nSPS) is 35.6. The molecule has 1 unspecified atom stereocenters. The summed E-state index contributed by atoms with van der Waals surface area (Å²) in [7, 11) is 0. The topological polar surface area (TPSA) is 12.5 Å². The lowest BCUT2D eigenvalue weighted by Crippen LogP contribution is -2.41. The number of benzene rings is 1. The Bertz CT molecular complexity index is 414. The van der Waals surface area contributed by atoms with Crippen LogP contribution in [0.3, 0.4) is 0 Å². The quantitative estimate of drug-likeness (QED) is 0.744. The maximum atomic E-state index is 6.09. The van der Waals surface area contributed by atoms with Crippen LogP contribution < -0.4 is 0 Å². The summed E-state index contributed by atoms with van der Waals surface area (Å²) >= 11 is 5.94. The number of hydroxylamine groups is 2. The molecule has 16 heavy (non-hydrogen) atoms. The van der Waals surface area contributed by atoms with E-state index in [0.29, 0.717) is 0 Å². The van der Waals surface area contributed by atoms with Gasteiger partial charge in [0.2, 0.25) is 0 Å². The van der Waals surface area contributed by atoms with E-state index < -0.39 is 0 Å². The first-order chi connectivity index (χ1) is 7.53. The first-order valence-corrected chi connectivity index (χ1v) is 6.11. The Kier molecular flexibility index (Phi) is 2.13. The zero-order valence-electron chi connectivity index (χ0n) is 9.66. The lowest BCUT2D eigenvalue weighted by atomic mass is 9.68. The summed E-state index contributed by atoms with van der Waals surface area (Å²) < 4.78 is 0. The van der Waals surface area contributed by atoms with Crippen molar-refractivity contribution in [3.05, 3.63) is 34.9 Å². The van der Waals surface area contributed by atoms with Gasteiger partial charge in [0, 0.05) is 23.5 Å². The third kappa shape index (κ3) is 1.27. The monoisotopic (exact) mass is 237 g/mol. The van der Waals surface area contributed by atoms with Crippen LogP contribution in [0.1, 0.15) is 25.8 Å². The Morgan fingerprint density at radius 3 is 2.44 bits per heavy atom. The second kappa shape index (κ2) is 3.22. The molecule has 0 aliphatic carbocycles. The lowest BCUT2D eigenvalue weighted by molar-refractivity contribution is -0.151. The van der Waals surface area contributed by atoms with Gasteiger partial charge in [-0.1, -0.05) is 37.6 Å². The number of hydrogen-bond donors (Lipinski definition) is 0. The van der Waals surface area contributed by atoms with Gasteiger partial charge >= 0.3 is 0 Å². The molecule has 2 atom stereocenters. The molecule has 2 heterocycles.